The van der Waals surface area contributed by atoms with Gasteiger partial charge in [-0.15, -0.1) is 0 Å². The molecule has 6 heteroatoms. The van der Waals surface area contributed by atoms with Gasteiger partial charge < -0.3 is 10.0 Å². The molecule has 1 heterocycles. The summed E-state index contributed by atoms with van der Waals surface area (Å²) in [6.07, 6.45) is 1.17. The highest BCUT2D eigenvalue weighted by atomic mass is 35.5. The lowest BCUT2D eigenvalue weighted by Crippen LogP contribution is -2.51. The lowest BCUT2D eigenvalue weighted by molar-refractivity contribution is -0.155. The van der Waals surface area contributed by atoms with Gasteiger partial charge in [0.15, 0.2) is 0 Å². The zero-order chi connectivity index (χ0) is 15.8. The van der Waals surface area contributed by atoms with Crippen molar-refractivity contribution in [3.63, 3.8) is 0 Å². The standard InChI is InChI=1S/C15H17Cl2NO3/c1-9(10-4-5-11(16)12(17)8-10)13(19)18-7-3-6-15(18,2)14(20)21/h4-5,8-9H,3,6-7H2,1-2H3,(H,20,21). The molecule has 0 aromatic heterocycles. The molecule has 21 heavy (non-hydrogen) atoms. The quantitative estimate of drug-likeness (QED) is 0.922. The molecule has 1 aromatic rings. The van der Waals surface area contributed by atoms with Gasteiger partial charge in [0, 0.05) is 6.54 Å². The molecule has 0 radical (unpaired) electrons. The van der Waals surface area contributed by atoms with Crippen LogP contribution in [0.2, 0.25) is 10.0 Å². The van der Waals surface area contributed by atoms with Crippen molar-refractivity contribution in [3.8, 4) is 0 Å². The fourth-order valence-corrected chi connectivity index (χ4v) is 3.00. The number of nitrogens with zero attached hydrogens (tertiary/aromatic N) is 1. The largest absolute Gasteiger partial charge is 0.480 e. The van der Waals surface area contributed by atoms with Gasteiger partial charge in [0.2, 0.25) is 5.91 Å². The normalized spacial score (nSPS) is 23.1. The Bertz CT molecular complexity index is 590. The van der Waals surface area contributed by atoms with Crippen molar-refractivity contribution in [2.24, 2.45) is 0 Å². The highest BCUT2D eigenvalue weighted by molar-refractivity contribution is 6.42. The van der Waals surface area contributed by atoms with E-state index < -0.39 is 17.4 Å². The van der Waals surface area contributed by atoms with Crippen molar-refractivity contribution in [2.45, 2.75) is 38.1 Å². The van der Waals surface area contributed by atoms with E-state index in [9.17, 15) is 14.7 Å². The minimum atomic E-state index is -1.12. The van der Waals surface area contributed by atoms with E-state index in [1.807, 2.05) is 0 Å². The number of carboxylic acids is 1. The van der Waals surface area contributed by atoms with Crippen molar-refractivity contribution < 1.29 is 14.7 Å². The van der Waals surface area contributed by atoms with Gasteiger partial charge in [0.05, 0.1) is 16.0 Å². The van der Waals surface area contributed by atoms with Crippen molar-refractivity contribution >= 4 is 35.1 Å². The number of likely N-dealkylation sites (tertiary alicyclic amines) is 1. The molecular formula is C15H17Cl2NO3. The molecule has 0 aliphatic carbocycles. The number of amides is 1. The van der Waals surface area contributed by atoms with Crippen molar-refractivity contribution in [2.75, 3.05) is 6.54 Å². The first kappa shape index (κ1) is 16.1. The van der Waals surface area contributed by atoms with Gasteiger partial charge in [0.1, 0.15) is 5.54 Å². The fraction of sp³-hybridized carbons (Fsp3) is 0.467. The minimum Gasteiger partial charge on any atom is -0.480 e. The molecule has 1 N–H and O–H groups in total. The molecule has 114 valence electrons. The lowest BCUT2D eigenvalue weighted by atomic mass is 9.95. The Hall–Kier alpha value is -1.26. The Morgan fingerprint density at radius 3 is 2.57 bits per heavy atom. The Morgan fingerprint density at radius 1 is 1.33 bits per heavy atom. The number of rotatable bonds is 3. The minimum absolute atomic E-state index is 0.198. The molecule has 2 rings (SSSR count). The van der Waals surface area contributed by atoms with E-state index in [4.69, 9.17) is 23.2 Å². The lowest BCUT2D eigenvalue weighted by Gasteiger charge is -2.33. The summed E-state index contributed by atoms with van der Waals surface area (Å²) in [7, 11) is 0. The number of carboxylic acid groups (broad SMARTS) is 1. The van der Waals surface area contributed by atoms with Crippen LogP contribution in [0.4, 0.5) is 0 Å². The van der Waals surface area contributed by atoms with Gasteiger partial charge in [-0.05, 0) is 44.4 Å². The third kappa shape index (κ3) is 2.87. The van der Waals surface area contributed by atoms with E-state index in [0.29, 0.717) is 29.4 Å². The third-order valence-electron chi connectivity index (χ3n) is 4.18. The van der Waals surface area contributed by atoms with Crippen molar-refractivity contribution in [3.05, 3.63) is 33.8 Å². The number of halogens is 2. The molecule has 0 bridgehead atoms. The second-order valence-corrected chi connectivity index (χ2v) is 6.38. The van der Waals surface area contributed by atoms with Gasteiger partial charge in [-0.25, -0.2) is 4.79 Å². The summed E-state index contributed by atoms with van der Waals surface area (Å²) in [6.45, 7) is 3.82. The molecule has 1 aromatic carbocycles. The molecule has 2 unspecified atom stereocenters. The monoisotopic (exact) mass is 329 g/mol. The molecular weight excluding hydrogens is 313 g/mol. The van der Waals surface area contributed by atoms with Gasteiger partial charge in [-0.1, -0.05) is 29.3 Å². The number of aliphatic carboxylic acids is 1. The van der Waals surface area contributed by atoms with E-state index in [1.165, 1.54) is 4.90 Å². The highest BCUT2D eigenvalue weighted by Gasteiger charge is 2.46. The molecule has 1 fully saturated rings. The van der Waals surface area contributed by atoms with Gasteiger partial charge >= 0.3 is 5.97 Å². The molecule has 1 amide bonds. The number of hydrogen-bond donors (Lipinski definition) is 1. The van der Waals surface area contributed by atoms with Crippen LogP contribution < -0.4 is 0 Å². The van der Waals surface area contributed by atoms with Crippen LogP contribution in [0, 0.1) is 0 Å². The number of carbonyl (C=O) groups excluding carboxylic acids is 1. The predicted molar refractivity (Wildman–Crippen MR) is 81.9 cm³/mol. The van der Waals surface area contributed by atoms with Crippen LogP contribution in [0.25, 0.3) is 0 Å². The van der Waals surface area contributed by atoms with E-state index in [1.54, 1.807) is 32.0 Å². The second kappa shape index (κ2) is 5.85. The Kier molecular flexibility index (Phi) is 4.49. The summed E-state index contributed by atoms with van der Waals surface area (Å²) in [5, 5.41) is 10.2. The second-order valence-electron chi connectivity index (χ2n) is 5.57. The third-order valence-corrected chi connectivity index (χ3v) is 4.92. The zero-order valence-corrected chi connectivity index (χ0v) is 13.4. The SMILES string of the molecule is CC(C(=O)N1CCCC1(C)C(=O)O)c1ccc(Cl)c(Cl)c1. The summed E-state index contributed by atoms with van der Waals surface area (Å²) in [5.41, 5.74) is -0.393. The average Bonchev–Trinajstić information content (AvgIpc) is 2.83. The highest BCUT2D eigenvalue weighted by Crippen LogP contribution is 2.34. The smallest absolute Gasteiger partial charge is 0.329 e. The van der Waals surface area contributed by atoms with Crippen LogP contribution in [0.1, 0.15) is 38.2 Å². The summed E-state index contributed by atoms with van der Waals surface area (Å²) in [6, 6.07) is 5.04. The van der Waals surface area contributed by atoms with Gasteiger partial charge in [0.25, 0.3) is 0 Å². The van der Waals surface area contributed by atoms with Crippen LogP contribution in [0.3, 0.4) is 0 Å². The van der Waals surface area contributed by atoms with Crippen LogP contribution in [-0.2, 0) is 9.59 Å². The number of hydrogen-bond acceptors (Lipinski definition) is 2. The van der Waals surface area contributed by atoms with Crippen LogP contribution >= 0.6 is 23.2 Å². The molecule has 0 saturated carbocycles. The fourth-order valence-electron chi connectivity index (χ4n) is 2.70. The molecule has 1 aliphatic rings. The number of benzene rings is 1. The van der Waals surface area contributed by atoms with Crippen LogP contribution in [0.5, 0.6) is 0 Å². The first-order valence-corrected chi connectivity index (χ1v) is 7.53. The van der Waals surface area contributed by atoms with Gasteiger partial charge in [-0.2, -0.15) is 0 Å². The van der Waals surface area contributed by atoms with Crippen molar-refractivity contribution in [1.29, 1.82) is 0 Å². The maximum atomic E-state index is 12.6. The topological polar surface area (TPSA) is 57.6 Å². The average molecular weight is 330 g/mol. The van der Waals surface area contributed by atoms with Crippen LogP contribution in [0.15, 0.2) is 18.2 Å². The summed E-state index contributed by atoms with van der Waals surface area (Å²) >= 11 is 11.9. The molecule has 1 aliphatic heterocycles. The first-order valence-electron chi connectivity index (χ1n) is 6.77. The van der Waals surface area contributed by atoms with E-state index in [0.717, 1.165) is 5.56 Å². The van der Waals surface area contributed by atoms with E-state index in [-0.39, 0.29) is 5.91 Å². The molecule has 4 nitrogen and oxygen atoms in total. The summed E-state index contributed by atoms with van der Waals surface area (Å²) in [4.78, 5) is 25.6. The summed E-state index contributed by atoms with van der Waals surface area (Å²) < 4.78 is 0. The number of carbonyl (C=O) groups is 2. The Labute approximate surface area is 133 Å². The van der Waals surface area contributed by atoms with Gasteiger partial charge in [-0.3, -0.25) is 4.79 Å². The maximum Gasteiger partial charge on any atom is 0.329 e. The Balaban J connectivity index is 2.26. The molecule has 1 saturated heterocycles. The van der Waals surface area contributed by atoms with E-state index >= 15 is 0 Å². The Morgan fingerprint density at radius 2 is 2.00 bits per heavy atom. The molecule has 0 spiro atoms. The molecule has 2 atom stereocenters. The summed E-state index contributed by atoms with van der Waals surface area (Å²) in [5.74, 6) is -1.62. The maximum absolute atomic E-state index is 12.6. The first-order chi connectivity index (χ1) is 9.77. The van der Waals surface area contributed by atoms with E-state index in [2.05, 4.69) is 0 Å². The van der Waals surface area contributed by atoms with Crippen LogP contribution in [-0.4, -0.2) is 34.0 Å². The zero-order valence-electron chi connectivity index (χ0n) is 11.9. The predicted octanol–water partition coefficient (Wildman–Crippen LogP) is 3.56. The van der Waals surface area contributed by atoms with Crippen molar-refractivity contribution in [1.82, 2.24) is 4.90 Å².